The summed E-state index contributed by atoms with van der Waals surface area (Å²) in [5.41, 5.74) is -1.34. The van der Waals surface area contributed by atoms with E-state index in [1.54, 1.807) is 0 Å². The Kier molecular flexibility index (Phi) is 4.70. The monoisotopic (exact) mass is 486 g/mol. The number of nitrogens with one attached hydrogen (secondary N) is 1. The molecule has 12 nitrogen and oxygen atoms in total. The smallest absolute Gasteiger partial charge is 0.412 e. The van der Waals surface area contributed by atoms with E-state index in [-0.39, 0.29) is 0 Å². The van der Waals surface area contributed by atoms with Crippen molar-refractivity contribution in [1.29, 1.82) is 0 Å². The summed E-state index contributed by atoms with van der Waals surface area (Å²) in [6.45, 7) is -5.03. The molecule has 0 bridgehead atoms. The Balaban J connectivity index is 1.82. The maximum atomic E-state index is 15.0. The highest BCUT2D eigenvalue weighted by molar-refractivity contribution is 5.83. The van der Waals surface area contributed by atoms with Gasteiger partial charge in [-0.3, -0.25) is 9.88 Å². The number of amides is 1. The van der Waals surface area contributed by atoms with Crippen molar-refractivity contribution in [3.05, 3.63) is 22.5 Å². The molecular weight excluding hydrogens is 445 g/mol. The minimum absolute atomic E-state index is 0.442. The van der Waals surface area contributed by atoms with Crippen LogP contribution in [0.5, 0.6) is 0 Å². The Labute approximate surface area is 204 Å². The van der Waals surface area contributed by atoms with Gasteiger partial charge in [-0.05, 0) is 20.2 Å². The van der Waals surface area contributed by atoms with E-state index in [0.29, 0.717) is 10.8 Å². The highest BCUT2D eigenvalue weighted by atomic mass is 19.1. The number of hydrogen-bond acceptors (Lipinski definition) is 10. The van der Waals surface area contributed by atoms with Crippen LogP contribution >= 0.6 is 0 Å². The van der Waals surface area contributed by atoms with Crippen molar-refractivity contribution in [3.8, 4) is 0 Å². The van der Waals surface area contributed by atoms with E-state index < -0.39 is 105 Å². The fraction of sp³-hybridized carbons (Fsp3) is 0.750. The summed E-state index contributed by atoms with van der Waals surface area (Å²) in [7, 11) is 0. The third kappa shape index (κ3) is 5.67. The minimum Gasteiger partial charge on any atom is -0.449 e. The Morgan fingerprint density at radius 1 is 1.27 bits per heavy atom. The highest BCUT2D eigenvalue weighted by Crippen LogP contribution is 2.34. The lowest BCUT2D eigenvalue weighted by atomic mass is 10.1. The van der Waals surface area contributed by atoms with E-state index in [9.17, 15) is 29.3 Å². The van der Waals surface area contributed by atoms with Gasteiger partial charge >= 0.3 is 11.8 Å². The molecule has 4 N–H and O–H groups in total. The average Bonchev–Trinajstić information content (AvgIpc) is 3.29. The molecule has 3 heterocycles. The predicted octanol–water partition coefficient (Wildman–Crippen LogP) is 0.251. The molecule has 0 aliphatic carbocycles. The number of nitrogens with zero attached hydrogens (tertiary/aromatic N) is 2. The van der Waals surface area contributed by atoms with E-state index in [0.717, 1.165) is 0 Å². The number of rotatable bonds is 8. The topological polar surface area (TPSA) is 162 Å². The number of aliphatic hydroxyl groups excluding tert-OH is 3. The van der Waals surface area contributed by atoms with Crippen LogP contribution in [-0.2, 0) is 18.9 Å². The lowest BCUT2D eigenvalue weighted by molar-refractivity contribution is -0.216. The molecule has 0 saturated carbocycles. The average molecular weight is 487 g/mol. The standard InChI is InChI=1S/C20H30FN3O9/c1-4-5-6-7-30-20(29)23-16-11(21)8-24(19(28)22-16)17-15(13(26)10(3)31-17)33-18-14(27)12(25)9(2)32-18/h8-10,12-15,17-18,25-27H,4-7H2,1-3H3,(H,22,23,28,29)/i1D3,4D2,5D2,6D2,7D2. The Morgan fingerprint density at radius 3 is 2.67 bits per heavy atom. The van der Waals surface area contributed by atoms with Gasteiger partial charge in [-0.1, -0.05) is 19.6 Å². The summed E-state index contributed by atoms with van der Waals surface area (Å²) in [6, 6.07) is 0. The van der Waals surface area contributed by atoms with Crippen molar-refractivity contribution in [3.63, 3.8) is 0 Å². The summed E-state index contributed by atoms with van der Waals surface area (Å²) in [6.07, 6.45) is -24.6. The lowest BCUT2D eigenvalue weighted by Crippen LogP contribution is -2.43. The number of aromatic nitrogens is 2. The van der Waals surface area contributed by atoms with Crippen LogP contribution in [-0.4, -0.2) is 80.4 Å². The van der Waals surface area contributed by atoms with Crippen molar-refractivity contribution in [1.82, 2.24) is 9.55 Å². The van der Waals surface area contributed by atoms with Gasteiger partial charge in [-0.2, -0.15) is 4.98 Å². The van der Waals surface area contributed by atoms with E-state index >= 15 is 0 Å². The van der Waals surface area contributed by atoms with Crippen molar-refractivity contribution in [2.75, 3.05) is 11.9 Å². The van der Waals surface area contributed by atoms with Crippen molar-refractivity contribution >= 4 is 11.9 Å². The molecule has 33 heavy (non-hydrogen) atoms. The molecule has 2 fully saturated rings. The summed E-state index contributed by atoms with van der Waals surface area (Å²) in [4.78, 5) is 28.4. The number of carbonyl (C=O) groups is 1. The van der Waals surface area contributed by atoms with Crippen LogP contribution < -0.4 is 11.0 Å². The summed E-state index contributed by atoms with van der Waals surface area (Å²) < 4.78 is 119. The van der Waals surface area contributed by atoms with Crippen LogP contribution in [0.15, 0.2) is 11.0 Å². The van der Waals surface area contributed by atoms with Gasteiger partial charge in [-0.15, -0.1) is 0 Å². The quantitative estimate of drug-likeness (QED) is 0.401. The zero-order valence-corrected chi connectivity index (χ0v) is 17.3. The number of hydrogen-bond donors (Lipinski definition) is 4. The second-order valence-electron chi connectivity index (χ2n) is 7.13. The second kappa shape index (κ2) is 10.8. The molecule has 1 aromatic heterocycles. The molecule has 1 amide bonds. The molecule has 0 spiro atoms. The predicted molar refractivity (Wildman–Crippen MR) is 110 cm³/mol. The summed E-state index contributed by atoms with van der Waals surface area (Å²) in [5.74, 6) is -2.68. The maximum Gasteiger partial charge on any atom is 0.412 e. The van der Waals surface area contributed by atoms with Gasteiger partial charge in [0.2, 0.25) is 0 Å². The SMILES string of the molecule is [2H]C([2H])([2H])C([2H])([2H])C([2H])([2H])C([2H])([2H])C([2H])([2H])OC(=O)Nc1nc(=O)n(C2OC(C)C(O)C2OC2OC(C)C(O)C2O)cc1F. The number of aliphatic hydroxyl groups is 3. The Morgan fingerprint density at radius 2 is 2.00 bits per heavy atom. The molecule has 13 heteroatoms. The molecular formula is C20H30FN3O9. The van der Waals surface area contributed by atoms with Crippen LogP contribution in [0.3, 0.4) is 0 Å². The van der Waals surface area contributed by atoms with Crippen LogP contribution in [0, 0.1) is 5.82 Å². The van der Waals surface area contributed by atoms with E-state index in [4.69, 9.17) is 29.3 Å². The van der Waals surface area contributed by atoms with E-state index in [1.165, 1.54) is 19.2 Å². The van der Waals surface area contributed by atoms with Gasteiger partial charge in [0, 0.05) is 12.3 Å². The number of carbonyl (C=O) groups excluding carboxylic acids is 1. The van der Waals surface area contributed by atoms with Gasteiger partial charge < -0.3 is 34.3 Å². The second-order valence-corrected chi connectivity index (χ2v) is 7.13. The molecule has 186 valence electrons. The molecule has 2 aliphatic heterocycles. The molecule has 3 rings (SSSR count). The molecule has 8 unspecified atom stereocenters. The van der Waals surface area contributed by atoms with Crippen molar-refractivity contribution in [2.24, 2.45) is 0 Å². The molecule has 8 atom stereocenters. The van der Waals surface area contributed by atoms with Gasteiger partial charge in [0.1, 0.15) is 24.4 Å². The first-order valence-corrected chi connectivity index (χ1v) is 9.57. The molecule has 0 radical (unpaired) electrons. The zero-order valence-electron chi connectivity index (χ0n) is 28.3. The molecule has 0 aromatic carbocycles. The van der Waals surface area contributed by atoms with E-state index in [1.807, 2.05) is 0 Å². The minimum atomic E-state index is -4.15. The number of anilines is 1. The Bertz CT molecular complexity index is 1300. The van der Waals surface area contributed by atoms with Crippen LogP contribution in [0.25, 0.3) is 0 Å². The number of halogens is 1. The first-order chi connectivity index (χ1) is 19.8. The normalized spacial score (nSPS) is 41.0. The van der Waals surface area contributed by atoms with Gasteiger partial charge in [0.25, 0.3) is 0 Å². The van der Waals surface area contributed by atoms with Gasteiger partial charge in [-0.25, -0.2) is 14.0 Å². The fourth-order valence-corrected chi connectivity index (χ4v) is 3.23. The van der Waals surface area contributed by atoms with Crippen molar-refractivity contribution in [2.45, 2.75) is 89.0 Å². The molecule has 2 saturated heterocycles. The number of ether oxygens (including phenoxy) is 4. The third-order valence-corrected chi connectivity index (χ3v) is 4.92. The van der Waals surface area contributed by atoms with E-state index in [2.05, 4.69) is 9.72 Å². The van der Waals surface area contributed by atoms with Gasteiger partial charge in [0.15, 0.2) is 24.2 Å². The largest absolute Gasteiger partial charge is 0.449 e. The van der Waals surface area contributed by atoms with Crippen LogP contribution in [0.1, 0.15) is 61.1 Å². The first-order valence-electron chi connectivity index (χ1n) is 15.1. The summed E-state index contributed by atoms with van der Waals surface area (Å²) >= 11 is 0. The van der Waals surface area contributed by atoms with Crippen LogP contribution in [0.2, 0.25) is 0 Å². The zero-order chi connectivity index (χ0) is 34.0. The third-order valence-electron chi connectivity index (χ3n) is 4.92. The van der Waals surface area contributed by atoms with Gasteiger partial charge in [0.05, 0.1) is 27.7 Å². The Hall–Kier alpha value is -2.16. The van der Waals surface area contributed by atoms with Crippen molar-refractivity contribution < 1.29 is 58.5 Å². The maximum absolute atomic E-state index is 15.0. The molecule has 1 aromatic rings. The first kappa shape index (κ1) is 14.3. The van der Waals surface area contributed by atoms with Crippen LogP contribution in [0.4, 0.5) is 15.0 Å². The lowest BCUT2D eigenvalue weighted by Gasteiger charge is -2.26. The highest BCUT2D eigenvalue weighted by Gasteiger charge is 2.49. The fourth-order valence-electron chi connectivity index (χ4n) is 3.23. The summed E-state index contributed by atoms with van der Waals surface area (Å²) in [5, 5.41) is 32.1. The molecule has 2 aliphatic rings.